The molecule has 0 spiro atoms. The van der Waals surface area contributed by atoms with Crippen LogP contribution in [0.4, 0.5) is 0 Å². The maximum Gasteiger partial charge on any atom is 0.0569 e. The van der Waals surface area contributed by atoms with Crippen LogP contribution in [0, 0.1) is 0 Å². The Hall–Kier alpha value is -0.160. The lowest BCUT2D eigenvalue weighted by Gasteiger charge is -2.03. The largest absolute Gasteiger partial charge is 0.395 e. The van der Waals surface area contributed by atoms with Crippen molar-refractivity contribution in [3.63, 3.8) is 0 Å². The van der Waals surface area contributed by atoms with E-state index in [1.165, 1.54) is 0 Å². The minimum absolute atomic E-state index is 0.164. The third kappa shape index (κ3) is 7.84. The Morgan fingerprint density at radius 1 is 1.30 bits per heavy atom. The lowest BCUT2D eigenvalue weighted by atomic mass is 10.5. The fourth-order valence-electron chi connectivity index (χ4n) is 0.538. The molecule has 10 heavy (non-hydrogen) atoms. The van der Waals surface area contributed by atoms with Crippen LogP contribution in [0.15, 0.2) is 0 Å². The van der Waals surface area contributed by atoms with Crippen LogP contribution in [0.25, 0.3) is 0 Å². The van der Waals surface area contributed by atoms with Crippen LogP contribution in [-0.2, 0) is 4.74 Å². The summed E-state index contributed by atoms with van der Waals surface area (Å²) in [4.78, 5) is 0. The van der Waals surface area contributed by atoms with E-state index in [1.807, 2.05) is 0 Å². The van der Waals surface area contributed by atoms with Gasteiger partial charge in [0.25, 0.3) is 0 Å². The third-order valence-electron chi connectivity index (χ3n) is 1.01. The average Bonchev–Trinajstić information content (AvgIpc) is 1.97. The van der Waals surface area contributed by atoms with Crippen molar-refractivity contribution in [2.45, 2.75) is 6.42 Å². The highest BCUT2D eigenvalue weighted by atomic mass is 16.5. The standard InChI is InChI=1S/C6H16N2O2/c1-10-6-2-3-7-8-4-5-9/h7-9H,2-6H2,1H3. The molecule has 0 aliphatic heterocycles. The monoisotopic (exact) mass is 148 g/mol. The first-order valence-electron chi connectivity index (χ1n) is 3.47. The van der Waals surface area contributed by atoms with Crippen molar-refractivity contribution in [3.05, 3.63) is 0 Å². The van der Waals surface area contributed by atoms with Crippen LogP contribution in [-0.4, -0.2) is 38.5 Å². The minimum Gasteiger partial charge on any atom is -0.395 e. The van der Waals surface area contributed by atoms with Gasteiger partial charge >= 0.3 is 0 Å². The predicted molar refractivity (Wildman–Crippen MR) is 39.6 cm³/mol. The molecule has 0 bridgehead atoms. The molecule has 3 N–H and O–H groups in total. The molecular weight excluding hydrogens is 132 g/mol. The number of hydrazine groups is 1. The van der Waals surface area contributed by atoms with Gasteiger partial charge in [-0.25, -0.2) is 0 Å². The molecule has 0 amide bonds. The van der Waals surface area contributed by atoms with Crippen LogP contribution < -0.4 is 10.9 Å². The fourth-order valence-corrected chi connectivity index (χ4v) is 0.538. The van der Waals surface area contributed by atoms with E-state index in [-0.39, 0.29) is 6.61 Å². The van der Waals surface area contributed by atoms with E-state index >= 15 is 0 Å². The van der Waals surface area contributed by atoms with Crippen molar-refractivity contribution in [3.8, 4) is 0 Å². The summed E-state index contributed by atoms with van der Waals surface area (Å²) < 4.78 is 4.83. The molecule has 0 heterocycles. The third-order valence-corrected chi connectivity index (χ3v) is 1.01. The van der Waals surface area contributed by atoms with Crippen LogP contribution in [0.3, 0.4) is 0 Å². The highest BCUT2D eigenvalue weighted by molar-refractivity contribution is 4.40. The predicted octanol–water partition coefficient (Wildman–Crippen LogP) is -0.891. The molecule has 0 saturated carbocycles. The van der Waals surface area contributed by atoms with Crippen molar-refractivity contribution in [2.24, 2.45) is 0 Å². The van der Waals surface area contributed by atoms with Gasteiger partial charge in [-0.15, -0.1) is 0 Å². The van der Waals surface area contributed by atoms with Gasteiger partial charge in [-0.3, -0.25) is 10.9 Å². The Bertz CT molecular complexity index is 53.7. The summed E-state index contributed by atoms with van der Waals surface area (Å²) >= 11 is 0. The molecule has 0 rings (SSSR count). The van der Waals surface area contributed by atoms with Crippen molar-refractivity contribution in [1.29, 1.82) is 0 Å². The normalized spacial score (nSPS) is 10.2. The number of hydrogen-bond acceptors (Lipinski definition) is 4. The Morgan fingerprint density at radius 3 is 2.60 bits per heavy atom. The van der Waals surface area contributed by atoms with E-state index in [9.17, 15) is 0 Å². The van der Waals surface area contributed by atoms with E-state index in [2.05, 4.69) is 10.9 Å². The second-order valence-corrected chi connectivity index (χ2v) is 1.92. The number of hydrogen-bond donors (Lipinski definition) is 3. The van der Waals surface area contributed by atoms with Crippen LogP contribution in [0.1, 0.15) is 6.42 Å². The number of ether oxygens (including phenoxy) is 1. The molecule has 4 heteroatoms. The molecule has 0 fully saturated rings. The smallest absolute Gasteiger partial charge is 0.0569 e. The summed E-state index contributed by atoms with van der Waals surface area (Å²) in [5.41, 5.74) is 5.77. The summed E-state index contributed by atoms with van der Waals surface area (Å²) in [6.07, 6.45) is 0.981. The Labute approximate surface area is 61.5 Å². The van der Waals surface area contributed by atoms with E-state index in [4.69, 9.17) is 9.84 Å². The summed E-state index contributed by atoms with van der Waals surface area (Å²) in [7, 11) is 1.68. The molecule has 0 aromatic heterocycles. The Kier molecular flexibility index (Phi) is 8.70. The first-order chi connectivity index (χ1) is 4.91. The van der Waals surface area contributed by atoms with E-state index in [0.717, 1.165) is 19.6 Å². The van der Waals surface area contributed by atoms with Gasteiger partial charge in [0.1, 0.15) is 0 Å². The molecule has 0 atom stereocenters. The maximum atomic E-state index is 8.34. The average molecular weight is 148 g/mol. The number of rotatable bonds is 7. The number of methoxy groups -OCH3 is 1. The molecule has 0 unspecified atom stereocenters. The molecule has 0 aromatic rings. The molecule has 0 aromatic carbocycles. The van der Waals surface area contributed by atoms with Gasteiger partial charge in [0, 0.05) is 26.8 Å². The van der Waals surface area contributed by atoms with Crippen molar-refractivity contribution in [2.75, 3.05) is 33.4 Å². The zero-order chi connectivity index (χ0) is 7.66. The van der Waals surface area contributed by atoms with Gasteiger partial charge in [0.2, 0.25) is 0 Å². The van der Waals surface area contributed by atoms with Gasteiger partial charge in [-0.1, -0.05) is 0 Å². The quantitative estimate of drug-likeness (QED) is 0.324. The van der Waals surface area contributed by atoms with E-state index in [1.54, 1.807) is 7.11 Å². The highest BCUT2D eigenvalue weighted by Crippen LogP contribution is 1.74. The molecule has 0 aliphatic carbocycles. The first-order valence-corrected chi connectivity index (χ1v) is 3.47. The zero-order valence-electron chi connectivity index (χ0n) is 6.39. The van der Waals surface area contributed by atoms with E-state index < -0.39 is 0 Å². The van der Waals surface area contributed by atoms with Crippen LogP contribution >= 0.6 is 0 Å². The van der Waals surface area contributed by atoms with Gasteiger partial charge in [0.05, 0.1) is 6.61 Å². The molecular formula is C6H16N2O2. The topological polar surface area (TPSA) is 53.5 Å². The van der Waals surface area contributed by atoms with Crippen molar-refractivity contribution >= 4 is 0 Å². The SMILES string of the molecule is COCCCNNCCO. The van der Waals surface area contributed by atoms with Gasteiger partial charge < -0.3 is 9.84 Å². The molecule has 0 saturated heterocycles. The summed E-state index contributed by atoms with van der Waals surface area (Å²) in [6.45, 7) is 2.39. The molecule has 62 valence electrons. The van der Waals surface area contributed by atoms with E-state index in [0.29, 0.717) is 6.54 Å². The Balaban J connectivity index is 2.65. The maximum absolute atomic E-state index is 8.34. The van der Waals surface area contributed by atoms with Crippen molar-refractivity contribution in [1.82, 2.24) is 10.9 Å². The summed E-state index contributed by atoms with van der Waals surface area (Å²) in [6, 6.07) is 0. The summed E-state index contributed by atoms with van der Waals surface area (Å²) in [5.74, 6) is 0. The fraction of sp³-hybridized carbons (Fsp3) is 1.00. The minimum atomic E-state index is 0.164. The molecule has 4 nitrogen and oxygen atoms in total. The Morgan fingerprint density at radius 2 is 2.00 bits per heavy atom. The molecule has 0 aliphatic rings. The lowest BCUT2D eigenvalue weighted by Crippen LogP contribution is -2.35. The van der Waals surface area contributed by atoms with Gasteiger partial charge in [-0.05, 0) is 6.42 Å². The van der Waals surface area contributed by atoms with Crippen molar-refractivity contribution < 1.29 is 9.84 Å². The number of aliphatic hydroxyl groups excluding tert-OH is 1. The molecule has 0 radical (unpaired) electrons. The van der Waals surface area contributed by atoms with Crippen LogP contribution in [0.5, 0.6) is 0 Å². The number of aliphatic hydroxyl groups is 1. The number of nitrogens with one attached hydrogen (secondary N) is 2. The first kappa shape index (κ1) is 9.84. The summed E-state index contributed by atoms with van der Waals surface area (Å²) in [5, 5.41) is 8.34. The zero-order valence-corrected chi connectivity index (χ0v) is 6.39. The lowest BCUT2D eigenvalue weighted by molar-refractivity contribution is 0.192. The van der Waals surface area contributed by atoms with Crippen LogP contribution in [0.2, 0.25) is 0 Å². The van der Waals surface area contributed by atoms with Gasteiger partial charge in [0.15, 0.2) is 0 Å². The second kappa shape index (κ2) is 8.84. The van der Waals surface area contributed by atoms with Gasteiger partial charge in [-0.2, -0.15) is 0 Å². The highest BCUT2D eigenvalue weighted by Gasteiger charge is 1.84. The second-order valence-electron chi connectivity index (χ2n) is 1.92.